The van der Waals surface area contributed by atoms with Crippen molar-refractivity contribution < 1.29 is 4.74 Å². The zero-order chi connectivity index (χ0) is 11.1. The monoisotopic (exact) mass is 233 g/mol. The second-order valence-electron chi connectivity index (χ2n) is 4.82. The van der Waals surface area contributed by atoms with Gasteiger partial charge in [0.05, 0.1) is 12.7 Å². The maximum atomic E-state index is 6.08. The number of halogens is 1. The van der Waals surface area contributed by atoms with Crippen LogP contribution in [0.5, 0.6) is 0 Å². The first-order chi connectivity index (χ1) is 7.18. The summed E-state index contributed by atoms with van der Waals surface area (Å²) in [4.78, 5) is 0. The van der Waals surface area contributed by atoms with E-state index < -0.39 is 0 Å². The quantitative estimate of drug-likeness (QED) is 0.563. The molecule has 0 atom stereocenters. The van der Waals surface area contributed by atoms with E-state index in [1.807, 2.05) is 0 Å². The predicted molar refractivity (Wildman–Crippen MR) is 65.6 cm³/mol. The van der Waals surface area contributed by atoms with Crippen molar-refractivity contribution in [3.8, 4) is 0 Å². The van der Waals surface area contributed by atoms with Crippen LogP contribution in [0, 0.1) is 0 Å². The molecule has 0 aromatic carbocycles. The minimum absolute atomic E-state index is 0.195. The number of hydrogen-bond donors (Lipinski definition) is 1. The summed E-state index contributed by atoms with van der Waals surface area (Å²) < 4.78 is 5.52. The van der Waals surface area contributed by atoms with Crippen LogP contribution in [0.15, 0.2) is 0 Å². The largest absolute Gasteiger partial charge is 0.377 e. The standard InChI is InChI=1S/C12H24ClNO/c1-11(2)15-9-8-14-12(10-13)6-4-3-5-7-12/h11,14H,3-10H2,1-2H3. The van der Waals surface area contributed by atoms with Gasteiger partial charge >= 0.3 is 0 Å². The lowest BCUT2D eigenvalue weighted by atomic mass is 9.83. The first-order valence-corrected chi connectivity index (χ1v) is 6.65. The van der Waals surface area contributed by atoms with Gasteiger partial charge in [-0.3, -0.25) is 0 Å². The van der Waals surface area contributed by atoms with Gasteiger partial charge in [-0.05, 0) is 26.7 Å². The Hall–Kier alpha value is 0.210. The molecule has 2 nitrogen and oxygen atoms in total. The van der Waals surface area contributed by atoms with E-state index in [2.05, 4.69) is 19.2 Å². The molecule has 0 heterocycles. The molecule has 1 rings (SSSR count). The van der Waals surface area contributed by atoms with E-state index in [4.69, 9.17) is 16.3 Å². The van der Waals surface area contributed by atoms with Crippen molar-refractivity contribution in [1.29, 1.82) is 0 Å². The smallest absolute Gasteiger partial charge is 0.0594 e. The molecule has 0 amide bonds. The van der Waals surface area contributed by atoms with Crippen LogP contribution in [0.1, 0.15) is 46.0 Å². The molecule has 15 heavy (non-hydrogen) atoms. The van der Waals surface area contributed by atoms with Crippen molar-refractivity contribution in [3.63, 3.8) is 0 Å². The topological polar surface area (TPSA) is 21.3 Å². The van der Waals surface area contributed by atoms with Gasteiger partial charge in [0.15, 0.2) is 0 Å². The van der Waals surface area contributed by atoms with E-state index in [-0.39, 0.29) is 5.54 Å². The van der Waals surface area contributed by atoms with Gasteiger partial charge in [-0.1, -0.05) is 19.3 Å². The molecular formula is C12H24ClNO. The third kappa shape index (κ3) is 4.71. The van der Waals surface area contributed by atoms with Crippen molar-refractivity contribution in [2.45, 2.75) is 57.6 Å². The minimum Gasteiger partial charge on any atom is -0.377 e. The molecule has 0 spiro atoms. The lowest BCUT2D eigenvalue weighted by Gasteiger charge is -2.36. The van der Waals surface area contributed by atoms with Crippen molar-refractivity contribution >= 4 is 11.6 Å². The van der Waals surface area contributed by atoms with Gasteiger partial charge in [-0.2, -0.15) is 0 Å². The fraction of sp³-hybridized carbons (Fsp3) is 1.00. The van der Waals surface area contributed by atoms with E-state index in [1.165, 1.54) is 32.1 Å². The first kappa shape index (κ1) is 13.3. The molecule has 1 saturated carbocycles. The number of nitrogens with one attached hydrogen (secondary N) is 1. The van der Waals surface area contributed by atoms with Gasteiger partial charge in [0.2, 0.25) is 0 Å². The van der Waals surface area contributed by atoms with Gasteiger partial charge < -0.3 is 10.1 Å². The van der Waals surface area contributed by atoms with Crippen molar-refractivity contribution in [2.24, 2.45) is 0 Å². The van der Waals surface area contributed by atoms with Crippen LogP contribution in [0.25, 0.3) is 0 Å². The number of rotatable bonds is 6. The first-order valence-electron chi connectivity index (χ1n) is 6.11. The summed E-state index contributed by atoms with van der Waals surface area (Å²) in [6, 6.07) is 0. The molecule has 0 aromatic heterocycles. The molecule has 1 fully saturated rings. The van der Waals surface area contributed by atoms with E-state index in [0.717, 1.165) is 19.0 Å². The summed E-state index contributed by atoms with van der Waals surface area (Å²) in [5.41, 5.74) is 0.195. The maximum Gasteiger partial charge on any atom is 0.0594 e. The molecule has 0 unspecified atom stereocenters. The Labute approximate surface area is 98.7 Å². The number of alkyl halides is 1. The zero-order valence-corrected chi connectivity index (χ0v) is 10.8. The summed E-state index contributed by atoms with van der Waals surface area (Å²) in [5, 5.41) is 3.58. The van der Waals surface area contributed by atoms with Gasteiger partial charge in [0, 0.05) is 18.0 Å². The lowest BCUT2D eigenvalue weighted by molar-refractivity contribution is 0.0743. The van der Waals surface area contributed by atoms with Crippen LogP contribution in [0.2, 0.25) is 0 Å². The number of ether oxygens (including phenoxy) is 1. The SMILES string of the molecule is CC(C)OCCNC1(CCl)CCCCC1. The number of hydrogen-bond acceptors (Lipinski definition) is 2. The van der Waals surface area contributed by atoms with Gasteiger partial charge in [-0.15, -0.1) is 11.6 Å². The highest BCUT2D eigenvalue weighted by Crippen LogP contribution is 2.28. The molecule has 0 aliphatic heterocycles. The third-order valence-electron chi connectivity index (χ3n) is 3.12. The molecule has 1 aliphatic carbocycles. The Morgan fingerprint density at radius 3 is 2.47 bits per heavy atom. The van der Waals surface area contributed by atoms with E-state index >= 15 is 0 Å². The molecule has 90 valence electrons. The normalized spacial score (nSPS) is 20.8. The minimum atomic E-state index is 0.195. The van der Waals surface area contributed by atoms with Crippen LogP contribution < -0.4 is 5.32 Å². The lowest BCUT2D eigenvalue weighted by Crippen LogP contribution is -2.49. The van der Waals surface area contributed by atoms with Crippen LogP contribution in [0.3, 0.4) is 0 Å². The van der Waals surface area contributed by atoms with Crippen LogP contribution in [-0.4, -0.2) is 30.7 Å². The zero-order valence-electron chi connectivity index (χ0n) is 10.0. The highest BCUT2D eigenvalue weighted by atomic mass is 35.5. The third-order valence-corrected chi connectivity index (χ3v) is 3.63. The Morgan fingerprint density at radius 2 is 1.93 bits per heavy atom. The second kappa shape index (κ2) is 6.72. The summed E-state index contributed by atoms with van der Waals surface area (Å²) in [6.07, 6.45) is 6.75. The molecule has 1 N–H and O–H groups in total. The van der Waals surface area contributed by atoms with Crippen LogP contribution >= 0.6 is 11.6 Å². The Morgan fingerprint density at radius 1 is 1.27 bits per heavy atom. The van der Waals surface area contributed by atoms with Crippen LogP contribution in [0.4, 0.5) is 0 Å². The second-order valence-corrected chi connectivity index (χ2v) is 5.09. The Balaban J connectivity index is 2.20. The maximum absolute atomic E-state index is 6.08. The van der Waals surface area contributed by atoms with Crippen molar-refractivity contribution in [1.82, 2.24) is 5.32 Å². The molecule has 3 heteroatoms. The Bertz CT molecular complexity index is 167. The highest BCUT2D eigenvalue weighted by molar-refractivity contribution is 6.18. The highest BCUT2D eigenvalue weighted by Gasteiger charge is 2.30. The van der Waals surface area contributed by atoms with Crippen molar-refractivity contribution in [3.05, 3.63) is 0 Å². The summed E-state index contributed by atoms with van der Waals surface area (Å²) >= 11 is 6.08. The van der Waals surface area contributed by atoms with Crippen molar-refractivity contribution in [2.75, 3.05) is 19.0 Å². The molecule has 0 saturated heterocycles. The van der Waals surface area contributed by atoms with Crippen LogP contribution in [-0.2, 0) is 4.74 Å². The predicted octanol–water partition coefficient (Wildman–Crippen LogP) is 2.94. The molecule has 0 radical (unpaired) electrons. The van der Waals surface area contributed by atoms with Gasteiger partial charge in [-0.25, -0.2) is 0 Å². The summed E-state index contributed by atoms with van der Waals surface area (Å²) in [5.74, 6) is 0.731. The van der Waals surface area contributed by atoms with E-state index in [0.29, 0.717) is 6.10 Å². The Kier molecular flexibility index (Phi) is 5.95. The van der Waals surface area contributed by atoms with Gasteiger partial charge in [0.25, 0.3) is 0 Å². The fourth-order valence-corrected chi connectivity index (χ4v) is 2.56. The van der Waals surface area contributed by atoms with E-state index in [9.17, 15) is 0 Å². The van der Waals surface area contributed by atoms with E-state index in [1.54, 1.807) is 0 Å². The average molecular weight is 234 g/mol. The van der Waals surface area contributed by atoms with Gasteiger partial charge in [0.1, 0.15) is 0 Å². The average Bonchev–Trinajstić information content (AvgIpc) is 2.26. The fourth-order valence-electron chi connectivity index (χ4n) is 2.20. The summed E-state index contributed by atoms with van der Waals surface area (Å²) in [7, 11) is 0. The molecular weight excluding hydrogens is 210 g/mol. The molecule has 0 bridgehead atoms. The summed E-state index contributed by atoms with van der Waals surface area (Å²) in [6.45, 7) is 5.84. The molecule has 0 aromatic rings. The molecule has 1 aliphatic rings.